The van der Waals surface area contributed by atoms with E-state index in [1.807, 2.05) is 13.8 Å². The minimum absolute atomic E-state index is 0.112. The van der Waals surface area contributed by atoms with Crippen LogP contribution in [0.15, 0.2) is 0 Å². The van der Waals surface area contributed by atoms with E-state index in [1.54, 1.807) is 0 Å². The summed E-state index contributed by atoms with van der Waals surface area (Å²) in [5.74, 6) is 3.58. The van der Waals surface area contributed by atoms with Gasteiger partial charge in [0.05, 0.1) is 15.9 Å². The van der Waals surface area contributed by atoms with E-state index in [0.29, 0.717) is 40.8 Å². The summed E-state index contributed by atoms with van der Waals surface area (Å²) in [6, 6.07) is -0.634. The van der Waals surface area contributed by atoms with Gasteiger partial charge >= 0.3 is 0 Å². The van der Waals surface area contributed by atoms with Crippen molar-refractivity contribution in [1.29, 1.82) is 0 Å². The highest BCUT2D eigenvalue weighted by Crippen LogP contribution is 2.68. The molecule has 0 radical (unpaired) electrons. The predicted molar refractivity (Wildman–Crippen MR) is 140 cm³/mol. The molecule has 4 fully saturated rings. The monoisotopic (exact) mass is 522 g/mol. The highest BCUT2D eigenvalue weighted by molar-refractivity contribution is 7.85. The van der Waals surface area contributed by atoms with Gasteiger partial charge in [0.15, 0.2) is 0 Å². The summed E-state index contributed by atoms with van der Waals surface area (Å²) >= 11 is 0. The lowest BCUT2D eigenvalue weighted by Gasteiger charge is -2.60. The zero-order chi connectivity index (χ0) is 26.5. The molecule has 4 aliphatic rings. The summed E-state index contributed by atoms with van der Waals surface area (Å²) in [5, 5.41) is 2.81. The van der Waals surface area contributed by atoms with Crippen LogP contribution in [0.25, 0.3) is 0 Å². The zero-order valence-corrected chi connectivity index (χ0v) is 23.9. The molecule has 0 heterocycles. The van der Waals surface area contributed by atoms with Gasteiger partial charge in [0, 0.05) is 25.3 Å². The van der Waals surface area contributed by atoms with Crippen LogP contribution < -0.4 is 5.32 Å². The van der Waals surface area contributed by atoms with Crippen molar-refractivity contribution in [2.24, 2.45) is 52.3 Å². The Hall–Kier alpha value is -0.950. The average Bonchev–Trinajstić information content (AvgIpc) is 3.14. The maximum absolute atomic E-state index is 12.7. The van der Waals surface area contributed by atoms with Gasteiger partial charge in [-0.3, -0.25) is 9.59 Å². The van der Waals surface area contributed by atoms with E-state index in [2.05, 4.69) is 26.1 Å². The van der Waals surface area contributed by atoms with Gasteiger partial charge in [-0.05, 0) is 104 Å². The number of carbonyl (C=O) groups excluding carboxylic acids is 2. The number of Topliss-reactive ketones (excluding diaryl/α,β-unsaturated/α-hetero) is 1. The number of fused-ring (bicyclic) bond motifs is 5. The highest BCUT2D eigenvalue weighted by Gasteiger charge is 2.60. The van der Waals surface area contributed by atoms with Gasteiger partial charge in [0.25, 0.3) is 0 Å². The van der Waals surface area contributed by atoms with Gasteiger partial charge in [-0.25, -0.2) is 8.42 Å². The maximum Gasteiger partial charge on any atom is 0.220 e. The molecule has 36 heavy (non-hydrogen) atoms. The summed E-state index contributed by atoms with van der Waals surface area (Å²) in [6.45, 7) is 11.0. The third kappa shape index (κ3) is 5.43. The second kappa shape index (κ2) is 10.3. The Morgan fingerprint density at radius 1 is 1.03 bits per heavy atom. The van der Waals surface area contributed by atoms with Crippen LogP contribution in [-0.2, 0) is 19.7 Å². The normalized spacial score (nSPS) is 40.2. The van der Waals surface area contributed by atoms with Crippen molar-refractivity contribution < 1.29 is 22.6 Å². The molecule has 0 aromatic rings. The molecule has 0 saturated heterocycles. The third-order valence-electron chi connectivity index (χ3n) is 11.6. The van der Waals surface area contributed by atoms with Crippen LogP contribution in [0.1, 0.15) is 105 Å². The second-order valence-electron chi connectivity index (χ2n) is 13.8. The van der Waals surface area contributed by atoms with Crippen LogP contribution in [-0.4, -0.2) is 36.5 Å². The molecule has 9 atom stereocenters. The Kier molecular flexibility index (Phi) is 8.04. The van der Waals surface area contributed by atoms with Crippen molar-refractivity contribution in [3.05, 3.63) is 0 Å². The lowest BCUT2D eigenvalue weighted by molar-refractivity contribution is -0.140. The number of rotatable bonds is 8. The molecular formula is C29H48NO5S-. The van der Waals surface area contributed by atoms with Crippen molar-refractivity contribution in [3.8, 4) is 0 Å². The predicted octanol–water partition coefficient (Wildman–Crippen LogP) is 5.32. The molecule has 6 nitrogen and oxygen atoms in total. The summed E-state index contributed by atoms with van der Waals surface area (Å²) in [7, 11) is -4.39. The topological polar surface area (TPSA) is 103 Å². The van der Waals surface area contributed by atoms with E-state index in [4.69, 9.17) is 0 Å². The van der Waals surface area contributed by atoms with E-state index in [9.17, 15) is 22.6 Å². The van der Waals surface area contributed by atoms with E-state index >= 15 is 0 Å². The van der Waals surface area contributed by atoms with Gasteiger partial charge < -0.3 is 9.87 Å². The molecule has 0 unspecified atom stereocenters. The minimum Gasteiger partial charge on any atom is -0.748 e. The SMILES string of the molecule is CC(C)[C@H](CS(=O)(=O)[O-])NC(=O)CC[C@@H](C)[C@H]1CC[C@H]2[C@@H]3CC[C@@H]4CC(=O)CC[C@]4(C)[C@H]3CC[C@]12C. The van der Waals surface area contributed by atoms with Crippen LogP contribution in [0.4, 0.5) is 0 Å². The van der Waals surface area contributed by atoms with Gasteiger partial charge in [0.2, 0.25) is 5.91 Å². The van der Waals surface area contributed by atoms with Crippen molar-refractivity contribution in [1.82, 2.24) is 5.32 Å². The molecule has 4 aliphatic carbocycles. The van der Waals surface area contributed by atoms with Crippen LogP contribution >= 0.6 is 0 Å². The molecule has 7 heteroatoms. The quantitative estimate of drug-likeness (QED) is 0.435. The lowest BCUT2D eigenvalue weighted by Crippen LogP contribution is -2.53. The number of hydrogen-bond donors (Lipinski definition) is 1. The molecular weight excluding hydrogens is 474 g/mol. The highest BCUT2D eigenvalue weighted by atomic mass is 32.2. The summed E-state index contributed by atoms with van der Waals surface area (Å²) < 4.78 is 33.7. The largest absolute Gasteiger partial charge is 0.748 e. The molecule has 1 N–H and O–H groups in total. The van der Waals surface area contributed by atoms with Crippen LogP contribution in [0, 0.1) is 52.3 Å². The molecule has 0 aromatic heterocycles. The van der Waals surface area contributed by atoms with E-state index in [1.165, 1.54) is 38.5 Å². The lowest BCUT2D eigenvalue weighted by atomic mass is 9.44. The molecule has 4 saturated carbocycles. The Balaban J connectivity index is 1.36. The Morgan fingerprint density at radius 3 is 2.39 bits per heavy atom. The van der Waals surface area contributed by atoms with Crippen molar-refractivity contribution in [2.75, 3.05) is 5.75 Å². The van der Waals surface area contributed by atoms with Gasteiger partial charge in [-0.2, -0.15) is 0 Å². The van der Waals surface area contributed by atoms with Crippen molar-refractivity contribution in [2.45, 2.75) is 111 Å². The van der Waals surface area contributed by atoms with Crippen LogP contribution in [0.3, 0.4) is 0 Å². The van der Waals surface area contributed by atoms with E-state index in [0.717, 1.165) is 43.4 Å². The number of ketones is 1. The van der Waals surface area contributed by atoms with Gasteiger partial charge in [-0.15, -0.1) is 0 Å². The number of nitrogens with one attached hydrogen (secondary N) is 1. The summed E-state index contributed by atoms with van der Waals surface area (Å²) in [6.07, 6.45) is 11.4. The molecule has 0 spiro atoms. The fourth-order valence-electron chi connectivity index (χ4n) is 9.48. The van der Waals surface area contributed by atoms with Gasteiger partial charge in [-0.1, -0.05) is 34.6 Å². The van der Waals surface area contributed by atoms with Crippen molar-refractivity contribution >= 4 is 21.8 Å². The van der Waals surface area contributed by atoms with E-state index < -0.39 is 21.9 Å². The van der Waals surface area contributed by atoms with Crippen LogP contribution in [0.5, 0.6) is 0 Å². The fraction of sp³-hybridized carbons (Fsp3) is 0.931. The number of amides is 1. The van der Waals surface area contributed by atoms with Crippen LogP contribution in [0.2, 0.25) is 0 Å². The average molecular weight is 523 g/mol. The number of carbonyl (C=O) groups is 2. The van der Waals surface area contributed by atoms with Gasteiger partial charge in [0.1, 0.15) is 5.78 Å². The Bertz CT molecular complexity index is 947. The third-order valence-corrected chi connectivity index (χ3v) is 12.4. The first-order chi connectivity index (χ1) is 16.7. The zero-order valence-electron chi connectivity index (χ0n) is 23.1. The smallest absolute Gasteiger partial charge is 0.220 e. The number of hydrogen-bond acceptors (Lipinski definition) is 5. The standard InChI is InChI=1S/C29H49NO5S/c1-18(2)26(17-36(33,34)35)30-27(32)11-6-19(3)23-9-10-24-22-8-7-20-16-21(31)12-14-28(20,4)25(22)13-15-29(23,24)5/h18-20,22-26H,6-17H2,1-5H3,(H,30,32)(H,33,34,35)/p-1/t19-,20-,22+,23-,24+,25+,26+,28+,29-/m1/s1. The first-order valence-corrected chi connectivity index (χ1v) is 16.1. The molecule has 0 aliphatic heterocycles. The first-order valence-electron chi connectivity index (χ1n) is 14.5. The minimum atomic E-state index is -4.39. The maximum atomic E-state index is 12.7. The van der Waals surface area contributed by atoms with Crippen molar-refractivity contribution in [3.63, 3.8) is 0 Å². The Morgan fingerprint density at radius 2 is 1.72 bits per heavy atom. The first kappa shape index (κ1) is 28.1. The Labute approximate surface area is 218 Å². The summed E-state index contributed by atoms with van der Waals surface area (Å²) in [4.78, 5) is 24.8. The molecule has 206 valence electrons. The molecule has 0 aromatic carbocycles. The molecule has 0 bridgehead atoms. The second-order valence-corrected chi connectivity index (χ2v) is 15.2. The fourth-order valence-corrected chi connectivity index (χ4v) is 10.4. The van der Waals surface area contributed by atoms with E-state index in [-0.39, 0.29) is 11.8 Å². The molecule has 4 rings (SSSR count). The summed E-state index contributed by atoms with van der Waals surface area (Å²) in [5.41, 5.74) is 0.659. The molecule has 1 amide bonds.